The Morgan fingerprint density at radius 3 is 3.00 bits per heavy atom. The first kappa shape index (κ1) is 15.9. The number of rotatable bonds is 4. The van der Waals surface area contributed by atoms with Crippen LogP contribution in [0, 0.1) is 12.7 Å². The Bertz CT molecular complexity index is 507. The first-order valence-electron chi connectivity index (χ1n) is 7.45. The van der Waals surface area contributed by atoms with Crippen molar-refractivity contribution < 1.29 is 13.9 Å². The maximum atomic E-state index is 13.3. The molecule has 0 saturated carbocycles. The molecule has 1 heterocycles. The van der Waals surface area contributed by atoms with E-state index >= 15 is 0 Å². The summed E-state index contributed by atoms with van der Waals surface area (Å²) in [6.07, 6.45) is 1.37. The van der Waals surface area contributed by atoms with Gasteiger partial charge in [0.1, 0.15) is 11.9 Å². The van der Waals surface area contributed by atoms with Crippen LogP contribution in [0.3, 0.4) is 0 Å². The van der Waals surface area contributed by atoms with E-state index in [0.717, 1.165) is 12.0 Å². The topological polar surface area (TPSA) is 55.6 Å². The molecule has 4 nitrogen and oxygen atoms in total. The monoisotopic (exact) mass is 294 g/mol. The van der Waals surface area contributed by atoms with E-state index in [-0.39, 0.29) is 17.8 Å². The molecule has 0 radical (unpaired) electrons. The lowest BCUT2D eigenvalue weighted by Gasteiger charge is -2.34. The third-order valence-electron chi connectivity index (χ3n) is 3.85. The quantitative estimate of drug-likeness (QED) is 0.926. The van der Waals surface area contributed by atoms with Gasteiger partial charge in [0.15, 0.2) is 0 Å². The lowest BCUT2D eigenvalue weighted by Crippen LogP contribution is -2.49. The van der Waals surface area contributed by atoms with Crippen LogP contribution in [-0.2, 0) is 9.53 Å². The largest absolute Gasteiger partial charge is 0.370 e. The van der Waals surface area contributed by atoms with Gasteiger partial charge in [-0.15, -0.1) is 0 Å². The van der Waals surface area contributed by atoms with Crippen molar-refractivity contribution >= 4 is 5.91 Å². The highest BCUT2D eigenvalue weighted by molar-refractivity contribution is 5.81. The maximum absolute atomic E-state index is 13.3. The van der Waals surface area contributed by atoms with Crippen LogP contribution in [0.1, 0.15) is 37.0 Å². The van der Waals surface area contributed by atoms with Crippen molar-refractivity contribution in [1.29, 1.82) is 0 Å². The summed E-state index contributed by atoms with van der Waals surface area (Å²) in [5, 5.41) is 0. The van der Waals surface area contributed by atoms with Crippen LogP contribution >= 0.6 is 0 Å². The van der Waals surface area contributed by atoms with Gasteiger partial charge in [-0.2, -0.15) is 0 Å². The fourth-order valence-electron chi connectivity index (χ4n) is 2.59. The molecule has 1 aromatic rings. The van der Waals surface area contributed by atoms with Crippen LogP contribution in [-0.4, -0.2) is 36.5 Å². The van der Waals surface area contributed by atoms with Crippen molar-refractivity contribution in [3.63, 3.8) is 0 Å². The number of halogens is 1. The van der Waals surface area contributed by atoms with Gasteiger partial charge in [-0.05, 0) is 30.5 Å². The minimum atomic E-state index is -0.441. The molecule has 21 heavy (non-hydrogen) atoms. The molecule has 0 spiro atoms. The number of amides is 1. The molecule has 1 saturated heterocycles. The predicted molar refractivity (Wildman–Crippen MR) is 79.3 cm³/mol. The van der Waals surface area contributed by atoms with Crippen molar-refractivity contribution in [1.82, 2.24) is 4.90 Å². The highest BCUT2D eigenvalue weighted by atomic mass is 19.1. The van der Waals surface area contributed by atoms with E-state index in [1.807, 2.05) is 6.92 Å². The molecule has 0 aliphatic carbocycles. The standard InChI is InChI=1S/C16H23FN2O2/c1-3-4-14(18)16(20)19-7-8-21-15(10-19)12-5-6-13(17)11(2)9-12/h5-6,9,14-15H,3-4,7-8,10,18H2,1-2H3/t14-,15+/m1/s1. The Labute approximate surface area is 125 Å². The summed E-state index contributed by atoms with van der Waals surface area (Å²) in [5.41, 5.74) is 7.39. The molecule has 1 aliphatic heterocycles. The van der Waals surface area contributed by atoms with Crippen LogP contribution in [0.25, 0.3) is 0 Å². The van der Waals surface area contributed by atoms with Gasteiger partial charge in [0, 0.05) is 6.54 Å². The zero-order valence-corrected chi connectivity index (χ0v) is 12.6. The van der Waals surface area contributed by atoms with E-state index in [1.165, 1.54) is 6.07 Å². The van der Waals surface area contributed by atoms with Crippen molar-refractivity contribution in [2.45, 2.75) is 38.8 Å². The molecule has 116 valence electrons. The number of nitrogens with zero attached hydrogens (tertiary/aromatic N) is 1. The average Bonchev–Trinajstić information content (AvgIpc) is 2.49. The molecular formula is C16H23FN2O2. The van der Waals surface area contributed by atoms with Crippen LogP contribution in [0.2, 0.25) is 0 Å². The van der Waals surface area contributed by atoms with Gasteiger partial charge in [-0.1, -0.05) is 25.5 Å². The van der Waals surface area contributed by atoms with Gasteiger partial charge in [0.05, 0.1) is 19.2 Å². The normalized spacial score (nSPS) is 20.4. The molecule has 1 fully saturated rings. The third kappa shape index (κ3) is 3.80. The van der Waals surface area contributed by atoms with E-state index in [4.69, 9.17) is 10.5 Å². The molecule has 0 aromatic heterocycles. The molecule has 5 heteroatoms. The Morgan fingerprint density at radius 1 is 1.57 bits per heavy atom. The van der Waals surface area contributed by atoms with Crippen LogP contribution in [0.4, 0.5) is 4.39 Å². The molecule has 2 N–H and O–H groups in total. The number of carbonyl (C=O) groups excluding carboxylic acids is 1. The molecule has 2 atom stereocenters. The number of carbonyl (C=O) groups is 1. The number of hydrogen-bond acceptors (Lipinski definition) is 3. The van der Waals surface area contributed by atoms with Gasteiger partial charge >= 0.3 is 0 Å². The molecular weight excluding hydrogens is 271 g/mol. The third-order valence-corrected chi connectivity index (χ3v) is 3.85. The smallest absolute Gasteiger partial charge is 0.239 e. The first-order chi connectivity index (χ1) is 10.0. The van der Waals surface area contributed by atoms with Gasteiger partial charge in [-0.25, -0.2) is 4.39 Å². The van der Waals surface area contributed by atoms with E-state index in [2.05, 4.69) is 0 Å². The average molecular weight is 294 g/mol. The van der Waals surface area contributed by atoms with Gasteiger partial charge in [0.25, 0.3) is 0 Å². The molecule has 2 rings (SSSR count). The second-order valence-electron chi connectivity index (χ2n) is 5.55. The minimum absolute atomic E-state index is 0.0241. The summed E-state index contributed by atoms with van der Waals surface area (Å²) in [4.78, 5) is 14.0. The SMILES string of the molecule is CCC[C@@H](N)C(=O)N1CCO[C@H](c2ccc(F)c(C)c2)C1. The fraction of sp³-hybridized carbons (Fsp3) is 0.562. The molecule has 0 bridgehead atoms. The van der Waals surface area contributed by atoms with Crippen molar-refractivity contribution in [2.24, 2.45) is 5.73 Å². The van der Waals surface area contributed by atoms with E-state index in [1.54, 1.807) is 24.0 Å². The zero-order valence-electron chi connectivity index (χ0n) is 12.6. The lowest BCUT2D eigenvalue weighted by atomic mass is 10.0. The summed E-state index contributed by atoms with van der Waals surface area (Å²) in [7, 11) is 0. The summed E-state index contributed by atoms with van der Waals surface area (Å²) in [6.45, 7) is 5.25. The van der Waals surface area contributed by atoms with Crippen molar-refractivity contribution in [3.8, 4) is 0 Å². The number of morpholine rings is 1. The van der Waals surface area contributed by atoms with Gasteiger partial charge in [-0.3, -0.25) is 4.79 Å². The lowest BCUT2D eigenvalue weighted by molar-refractivity contribution is -0.140. The number of aryl methyl sites for hydroxylation is 1. The second-order valence-corrected chi connectivity index (χ2v) is 5.55. The Kier molecular flexibility index (Phi) is 5.31. The summed E-state index contributed by atoms with van der Waals surface area (Å²) < 4.78 is 19.1. The second kappa shape index (κ2) is 7.00. The Balaban J connectivity index is 2.06. The maximum Gasteiger partial charge on any atom is 0.239 e. The van der Waals surface area contributed by atoms with E-state index in [0.29, 0.717) is 31.7 Å². The number of hydrogen-bond donors (Lipinski definition) is 1. The number of benzene rings is 1. The highest BCUT2D eigenvalue weighted by Gasteiger charge is 2.28. The molecule has 1 aromatic carbocycles. The van der Waals surface area contributed by atoms with Gasteiger partial charge < -0.3 is 15.4 Å². The fourth-order valence-corrected chi connectivity index (χ4v) is 2.59. The number of ether oxygens (including phenoxy) is 1. The minimum Gasteiger partial charge on any atom is -0.370 e. The Morgan fingerprint density at radius 2 is 2.33 bits per heavy atom. The zero-order chi connectivity index (χ0) is 15.4. The predicted octanol–water partition coefficient (Wildman–Crippen LogP) is 2.16. The van der Waals surface area contributed by atoms with E-state index in [9.17, 15) is 9.18 Å². The van der Waals surface area contributed by atoms with E-state index < -0.39 is 6.04 Å². The van der Waals surface area contributed by atoms with Crippen molar-refractivity contribution in [2.75, 3.05) is 19.7 Å². The molecule has 0 unspecified atom stereocenters. The summed E-state index contributed by atoms with van der Waals surface area (Å²) in [6, 6.07) is 4.49. The first-order valence-corrected chi connectivity index (χ1v) is 7.45. The van der Waals surface area contributed by atoms with Gasteiger partial charge in [0.2, 0.25) is 5.91 Å². The molecule has 1 amide bonds. The Hall–Kier alpha value is -1.46. The molecule has 1 aliphatic rings. The summed E-state index contributed by atoms with van der Waals surface area (Å²) >= 11 is 0. The number of nitrogens with two attached hydrogens (primary N) is 1. The van der Waals surface area contributed by atoms with Crippen LogP contribution in [0.5, 0.6) is 0 Å². The van der Waals surface area contributed by atoms with Crippen LogP contribution < -0.4 is 5.73 Å². The summed E-state index contributed by atoms with van der Waals surface area (Å²) in [5.74, 6) is -0.253. The van der Waals surface area contributed by atoms with Crippen molar-refractivity contribution in [3.05, 3.63) is 35.1 Å². The van der Waals surface area contributed by atoms with Crippen LogP contribution in [0.15, 0.2) is 18.2 Å². The highest BCUT2D eigenvalue weighted by Crippen LogP contribution is 2.24.